The van der Waals surface area contributed by atoms with Crippen molar-refractivity contribution in [2.24, 2.45) is 11.7 Å². The van der Waals surface area contributed by atoms with E-state index >= 15 is 0 Å². The Hall–Kier alpha value is -0.970. The first kappa shape index (κ1) is 16.1. The van der Waals surface area contributed by atoms with Crippen LogP contribution in [0.2, 0.25) is 0 Å². The van der Waals surface area contributed by atoms with Gasteiger partial charge in [-0.25, -0.2) is 0 Å². The zero-order chi connectivity index (χ0) is 12.8. The highest BCUT2D eigenvalue weighted by Crippen LogP contribution is 2.29. The molecular weight excluding hydrogens is 266 g/mol. The predicted molar refractivity (Wildman–Crippen MR) is 77.2 cm³/mol. The van der Waals surface area contributed by atoms with Gasteiger partial charge in [-0.1, -0.05) is 6.07 Å². The second-order valence-electron chi connectivity index (χ2n) is 4.56. The molecule has 0 atom stereocenters. The Morgan fingerprint density at radius 2 is 2.00 bits per heavy atom. The summed E-state index contributed by atoms with van der Waals surface area (Å²) >= 11 is 0. The third kappa shape index (κ3) is 4.56. The topological polar surface area (TPSA) is 53.7 Å². The van der Waals surface area contributed by atoms with Crippen LogP contribution in [0, 0.1) is 5.92 Å². The fourth-order valence-corrected chi connectivity index (χ4v) is 2.08. The highest BCUT2D eigenvalue weighted by molar-refractivity contribution is 5.85. The maximum Gasteiger partial charge on any atom is 0.161 e. The Balaban J connectivity index is 0.00000180. The Morgan fingerprint density at radius 3 is 2.63 bits per heavy atom. The van der Waals surface area contributed by atoms with Crippen LogP contribution in [0.5, 0.6) is 11.5 Å². The molecule has 0 aliphatic carbocycles. The Morgan fingerprint density at radius 1 is 1.26 bits per heavy atom. The first-order chi connectivity index (χ1) is 8.83. The van der Waals surface area contributed by atoms with E-state index in [-0.39, 0.29) is 12.4 Å². The van der Waals surface area contributed by atoms with Gasteiger partial charge < -0.3 is 19.9 Å². The molecule has 108 valence electrons. The molecular formula is C14H22ClNO3. The van der Waals surface area contributed by atoms with Gasteiger partial charge in [-0.05, 0) is 36.5 Å². The molecule has 5 heteroatoms. The first-order valence-electron chi connectivity index (χ1n) is 6.41. The lowest BCUT2D eigenvalue weighted by Crippen LogP contribution is -2.21. The molecule has 1 heterocycles. The molecule has 0 unspecified atom stereocenters. The molecule has 19 heavy (non-hydrogen) atoms. The van der Waals surface area contributed by atoms with Gasteiger partial charge in [0.1, 0.15) is 0 Å². The highest BCUT2D eigenvalue weighted by Gasteiger charge is 2.15. The monoisotopic (exact) mass is 287 g/mol. The molecule has 1 saturated heterocycles. The third-order valence-electron chi connectivity index (χ3n) is 3.28. The number of rotatable bonds is 5. The van der Waals surface area contributed by atoms with Gasteiger partial charge >= 0.3 is 0 Å². The molecule has 1 aromatic carbocycles. The minimum absolute atomic E-state index is 0. The van der Waals surface area contributed by atoms with Crippen molar-refractivity contribution in [1.29, 1.82) is 0 Å². The fraction of sp³-hybridized carbons (Fsp3) is 0.571. The number of halogens is 1. The van der Waals surface area contributed by atoms with Crippen molar-refractivity contribution in [2.45, 2.75) is 19.4 Å². The SMILES string of the molecule is COc1cc(CN)ccc1OCC1CCOCC1.Cl. The van der Waals surface area contributed by atoms with Gasteiger partial charge in [0.25, 0.3) is 0 Å². The van der Waals surface area contributed by atoms with Gasteiger partial charge in [-0.2, -0.15) is 0 Å². The van der Waals surface area contributed by atoms with Crippen LogP contribution in [0.25, 0.3) is 0 Å². The summed E-state index contributed by atoms with van der Waals surface area (Å²) in [6, 6.07) is 5.83. The van der Waals surface area contributed by atoms with Gasteiger partial charge in [-0.15, -0.1) is 12.4 Å². The van der Waals surface area contributed by atoms with Crippen molar-refractivity contribution in [3.05, 3.63) is 23.8 Å². The lowest BCUT2D eigenvalue weighted by molar-refractivity contribution is 0.0493. The predicted octanol–water partition coefficient (Wildman–Crippen LogP) is 2.38. The molecule has 0 amide bonds. The van der Waals surface area contributed by atoms with Crippen LogP contribution in [0.3, 0.4) is 0 Å². The van der Waals surface area contributed by atoms with Crippen LogP contribution in [0.4, 0.5) is 0 Å². The van der Waals surface area contributed by atoms with Gasteiger partial charge in [0, 0.05) is 19.8 Å². The molecule has 0 aromatic heterocycles. The standard InChI is InChI=1S/C14H21NO3.ClH/c1-16-14-8-12(9-15)2-3-13(14)18-10-11-4-6-17-7-5-11;/h2-3,8,11H,4-7,9-10,15H2,1H3;1H. The van der Waals surface area contributed by atoms with Crippen molar-refractivity contribution in [3.63, 3.8) is 0 Å². The van der Waals surface area contributed by atoms with Crippen LogP contribution < -0.4 is 15.2 Å². The number of ether oxygens (including phenoxy) is 3. The fourth-order valence-electron chi connectivity index (χ4n) is 2.08. The summed E-state index contributed by atoms with van der Waals surface area (Å²) in [6.45, 7) is 2.92. The summed E-state index contributed by atoms with van der Waals surface area (Å²) in [7, 11) is 1.65. The average molecular weight is 288 g/mol. The smallest absolute Gasteiger partial charge is 0.161 e. The second-order valence-corrected chi connectivity index (χ2v) is 4.56. The Bertz CT molecular complexity index is 381. The molecule has 2 N–H and O–H groups in total. The molecule has 0 saturated carbocycles. The molecule has 0 bridgehead atoms. The summed E-state index contributed by atoms with van der Waals surface area (Å²) in [5.74, 6) is 2.13. The van der Waals surface area contributed by atoms with E-state index in [1.165, 1.54) is 0 Å². The van der Waals surface area contributed by atoms with Crippen LogP contribution in [-0.2, 0) is 11.3 Å². The molecule has 1 aliphatic heterocycles. The van der Waals surface area contributed by atoms with Crippen LogP contribution in [0.1, 0.15) is 18.4 Å². The molecule has 0 spiro atoms. The quantitative estimate of drug-likeness (QED) is 0.903. The molecule has 1 aromatic rings. The normalized spacial score (nSPS) is 15.7. The van der Waals surface area contributed by atoms with E-state index in [1.54, 1.807) is 7.11 Å². The van der Waals surface area contributed by atoms with E-state index in [2.05, 4.69) is 0 Å². The average Bonchev–Trinajstić information content (AvgIpc) is 2.46. The largest absolute Gasteiger partial charge is 0.493 e. The van der Waals surface area contributed by atoms with E-state index in [1.807, 2.05) is 18.2 Å². The number of nitrogens with two attached hydrogens (primary N) is 1. The van der Waals surface area contributed by atoms with E-state index in [0.717, 1.165) is 49.7 Å². The van der Waals surface area contributed by atoms with Crippen molar-refractivity contribution >= 4 is 12.4 Å². The molecule has 0 radical (unpaired) electrons. The zero-order valence-electron chi connectivity index (χ0n) is 11.3. The summed E-state index contributed by atoms with van der Waals surface area (Å²) < 4.78 is 16.5. The van der Waals surface area contributed by atoms with Crippen LogP contribution in [0.15, 0.2) is 18.2 Å². The number of hydrogen-bond donors (Lipinski definition) is 1. The maximum atomic E-state index is 5.85. The zero-order valence-corrected chi connectivity index (χ0v) is 12.1. The minimum Gasteiger partial charge on any atom is -0.493 e. The van der Waals surface area contributed by atoms with Crippen LogP contribution in [-0.4, -0.2) is 26.9 Å². The number of methoxy groups -OCH3 is 1. The van der Waals surface area contributed by atoms with E-state index in [0.29, 0.717) is 12.5 Å². The molecule has 1 fully saturated rings. The van der Waals surface area contributed by atoms with E-state index in [9.17, 15) is 0 Å². The summed E-state index contributed by atoms with van der Waals surface area (Å²) in [5.41, 5.74) is 6.65. The van der Waals surface area contributed by atoms with E-state index < -0.39 is 0 Å². The van der Waals surface area contributed by atoms with Crippen molar-refractivity contribution in [2.75, 3.05) is 26.9 Å². The van der Waals surface area contributed by atoms with Crippen molar-refractivity contribution in [1.82, 2.24) is 0 Å². The van der Waals surface area contributed by atoms with Gasteiger partial charge in [0.15, 0.2) is 11.5 Å². The molecule has 1 aliphatic rings. The highest BCUT2D eigenvalue weighted by atomic mass is 35.5. The lowest BCUT2D eigenvalue weighted by atomic mass is 10.0. The summed E-state index contributed by atoms with van der Waals surface area (Å²) in [6.07, 6.45) is 2.15. The Kier molecular flexibility index (Phi) is 6.99. The summed E-state index contributed by atoms with van der Waals surface area (Å²) in [4.78, 5) is 0. The maximum absolute atomic E-state index is 5.85. The first-order valence-corrected chi connectivity index (χ1v) is 6.41. The minimum atomic E-state index is 0. The number of benzene rings is 1. The Labute approximate surface area is 120 Å². The molecule has 2 rings (SSSR count). The summed E-state index contributed by atoms with van der Waals surface area (Å²) in [5, 5.41) is 0. The van der Waals surface area contributed by atoms with Crippen molar-refractivity contribution < 1.29 is 14.2 Å². The van der Waals surface area contributed by atoms with Crippen molar-refractivity contribution in [3.8, 4) is 11.5 Å². The number of hydrogen-bond acceptors (Lipinski definition) is 4. The van der Waals surface area contributed by atoms with Gasteiger partial charge in [0.2, 0.25) is 0 Å². The molecule has 4 nitrogen and oxygen atoms in total. The lowest BCUT2D eigenvalue weighted by Gasteiger charge is -2.22. The van der Waals surface area contributed by atoms with Crippen LogP contribution >= 0.6 is 12.4 Å². The van der Waals surface area contributed by atoms with Gasteiger partial charge in [0.05, 0.1) is 13.7 Å². The van der Waals surface area contributed by atoms with Gasteiger partial charge in [-0.3, -0.25) is 0 Å². The third-order valence-corrected chi connectivity index (χ3v) is 3.28. The second kappa shape index (κ2) is 8.25. The van der Waals surface area contributed by atoms with E-state index in [4.69, 9.17) is 19.9 Å².